The van der Waals surface area contributed by atoms with Gasteiger partial charge >= 0.3 is 5.69 Å². The number of allylic oxidation sites excluding steroid dienone is 1. The normalized spacial score (nSPS) is 19.0. The average Bonchev–Trinajstić information content (AvgIpc) is 2.76. The molecule has 0 spiro atoms. The van der Waals surface area contributed by atoms with Gasteiger partial charge in [-0.05, 0) is 37.5 Å². The molecule has 1 aromatic carbocycles. The van der Waals surface area contributed by atoms with E-state index in [2.05, 4.69) is 10.4 Å². The third-order valence-electron chi connectivity index (χ3n) is 5.17. The number of rotatable bonds is 8. The highest BCUT2D eigenvalue weighted by Crippen LogP contribution is 2.23. The van der Waals surface area contributed by atoms with E-state index < -0.39 is 28.9 Å². The first-order valence-electron chi connectivity index (χ1n) is 10.1. The summed E-state index contributed by atoms with van der Waals surface area (Å²) in [5.74, 6) is -0.517. The summed E-state index contributed by atoms with van der Waals surface area (Å²) < 4.78 is 6.60. The summed E-state index contributed by atoms with van der Waals surface area (Å²) in [6.45, 7) is -0.277. The molecule has 0 fully saturated rings. The molecule has 1 aromatic heterocycles. The molecule has 3 N–H and O–H groups in total. The fraction of sp³-hybridized carbons (Fsp3) is 0.429. The van der Waals surface area contributed by atoms with Gasteiger partial charge in [0.2, 0.25) is 0 Å². The largest absolute Gasteiger partial charge is 0.389 e. The van der Waals surface area contributed by atoms with E-state index in [4.69, 9.17) is 16.3 Å². The molecule has 2 aromatic rings. The highest BCUT2D eigenvalue weighted by atomic mass is 35.5. The molecule has 1 aliphatic carbocycles. The molecule has 0 saturated carbocycles. The first-order valence-corrected chi connectivity index (χ1v) is 10.4. The van der Waals surface area contributed by atoms with Crippen molar-refractivity contribution in [2.24, 2.45) is 0 Å². The number of carbonyl (C=O) groups excluding carboxylic acids is 1. The van der Waals surface area contributed by atoms with E-state index in [0.29, 0.717) is 12.8 Å². The summed E-state index contributed by atoms with van der Waals surface area (Å²) in [7, 11) is 1.39. The van der Waals surface area contributed by atoms with Crippen molar-refractivity contribution in [3.8, 4) is 5.69 Å². The Bertz CT molecular complexity index is 1130. The number of aliphatic hydroxyl groups is 2. The van der Waals surface area contributed by atoms with Crippen LogP contribution in [-0.2, 0) is 11.3 Å². The lowest BCUT2D eigenvalue weighted by molar-refractivity contribution is 0.0305. The van der Waals surface area contributed by atoms with Gasteiger partial charge in [0.1, 0.15) is 6.20 Å². The molecular weight excluding hydrogens is 440 g/mol. The highest BCUT2D eigenvalue weighted by Gasteiger charge is 2.28. The number of ether oxygens (including phenoxy) is 1. The maximum Gasteiger partial charge on any atom is 0.352 e. The number of hydrogen-bond donors (Lipinski definition) is 3. The lowest BCUT2D eigenvalue weighted by atomic mass is 9.89. The molecule has 1 unspecified atom stereocenters. The predicted molar refractivity (Wildman–Crippen MR) is 117 cm³/mol. The second-order valence-electron chi connectivity index (χ2n) is 7.68. The summed E-state index contributed by atoms with van der Waals surface area (Å²) in [6.07, 6.45) is 5.44. The lowest BCUT2D eigenvalue weighted by Crippen LogP contribution is -2.44. The molecule has 0 bridgehead atoms. The Hall–Kier alpha value is -2.79. The van der Waals surface area contributed by atoms with Crippen LogP contribution in [0.2, 0.25) is 5.02 Å². The minimum absolute atomic E-state index is 0.0528. The minimum Gasteiger partial charge on any atom is -0.389 e. The molecule has 172 valence electrons. The molecule has 3 rings (SSSR count). The summed E-state index contributed by atoms with van der Waals surface area (Å²) >= 11 is 6.19. The van der Waals surface area contributed by atoms with Crippen LogP contribution in [0.5, 0.6) is 0 Å². The predicted octanol–water partition coefficient (Wildman–Crippen LogP) is 0.256. The van der Waals surface area contributed by atoms with Crippen molar-refractivity contribution < 1.29 is 19.7 Å². The van der Waals surface area contributed by atoms with E-state index in [1.807, 2.05) is 12.2 Å². The van der Waals surface area contributed by atoms with Crippen LogP contribution in [0.1, 0.15) is 29.6 Å². The van der Waals surface area contributed by atoms with Gasteiger partial charge in [0.25, 0.3) is 11.5 Å². The molecule has 2 atom stereocenters. The number of carbonyl (C=O) groups is 1. The van der Waals surface area contributed by atoms with Crippen LogP contribution in [0.15, 0.2) is 46.1 Å². The van der Waals surface area contributed by atoms with Crippen LogP contribution in [0, 0.1) is 0 Å². The second kappa shape index (κ2) is 10.2. The summed E-state index contributed by atoms with van der Waals surface area (Å²) in [5.41, 5.74) is -2.19. The summed E-state index contributed by atoms with van der Waals surface area (Å²) in [5, 5.41) is 27.2. The standard InChI is InChI=1S/C21H25ClN4O6/c1-32-12-15(27)11-25-18(28)10-24-26(20(25)30)14-5-6-17(22)16(9-14)19(29)23-13-21(31)7-3-2-4-8-21/h2-3,5-6,9-10,15,27,31H,4,7-8,11-13H2,1H3,(H,23,29)/t15-,21?/m1/s1. The number of halogens is 1. The molecule has 0 radical (unpaired) electrons. The van der Waals surface area contributed by atoms with E-state index in [-0.39, 0.29) is 36.0 Å². The van der Waals surface area contributed by atoms with Gasteiger partial charge in [0, 0.05) is 13.7 Å². The quantitative estimate of drug-likeness (QED) is 0.476. The molecule has 0 aliphatic heterocycles. The second-order valence-corrected chi connectivity index (χ2v) is 8.09. The Morgan fingerprint density at radius 3 is 2.84 bits per heavy atom. The lowest BCUT2D eigenvalue weighted by Gasteiger charge is -2.29. The van der Waals surface area contributed by atoms with Crippen LogP contribution in [0.25, 0.3) is 5.69 Å². The van der Waals surface area contributed by atoms with Crippen molar-refractivity contribution in [2.75, 3.05) is 20.3 Å². The maximum atomic E-state index is 12.8. The summed E-state index contributed by atoms with van der Waals surface area (Å²) in [4.78, 5) is 37.6. The number of nitrogens with one attached hydrogen (secondary N) is 1. The third kappa shape index (κ3) is 5.52. The Kier molecular flexibility index (Phi) is 7.62. The van der Waals surface area contributed by atoms with Gasteiger partial charge in [-0.3, -0.25) is 14.2 Å². The molecule has 32 heavy (non-hydrogen) atoms. The van der Waals surface area contributed by atoms with Crippen LogP contribution >= 0.6 is 11.6 Å². The highest BCUT2D eigenvalue weighted by molar-refractivity contribution is 6.33. The van der Waals surface area contributed by atoms with Gasteiger partial charge in [-0.2, -0.15) is 9.78 Å². The van der Waals surface area contributed by atoms with Crippen molar-refractivity contribution in [1.82, 2.24) is 19.7 Å². The Balaban J connectivity index is 1.86. The van der Waals surface area contributed by atoms with Crippen LogP contribution < -0.4 is 16.6 Å². The van der Waals surface area contributed by atoms with Gasteiger partial charge < -0.3 is 20.3 Å². The van der Waals surface area contributed by atoms with Crippen molar-refractivity contribution in [3.05, 3.63) is 68.0 Å². The fourth-order valence-corrected chi connectivity index (χ4v) is 3.63. The molecule has 1 heterocycles. The average molecular weight is 465 g/mol. The molecular formula is C21H25ClN4O6. The van der Waals surface area contributed by atoms with Crippen LogP contribution in [-0.4, -0.2) is 62.4 Å². The van der Waals surface area contributed by atoms with E-state index in [1.165, 1.54) is 25.3 Å². The van der Waals surface area contributed by atoms with Crippen molar-refractivity contribution in [2.45, 2.75) is 37.5 Å². The van der Waals surface area contributed by atoms with Gasteiger partial charge in [0.15, 0.2) is 0 Å². The number of aliphatic hydroxyl groups excluding tert-OH is 1. The van der Waals surface area contributed by atoms with Gasteiger partial charge in [0.05, 0.1) is 41.1 Å². The Labute approximate surface area is 188 Å². The van der Waals surface area contributed by atoms with Gasteiger partial charge in [-0.25, -0.2) is 4.79 Å². The van der Waals surface area contributed by atoms with E-state index in [9.17, 15) is 24.6 Å². The summed E-state index contributed by atoms with van der Waals surface area (Å²) in [6, 6.07) is 4.29. The molecule has 1 aliphatic rings. The van der Waals surface area contributed by atoms with E-state index >= 15 is 0 Å². The number of amides is 1. The van der Waals surface area contributed by atoms with Crippen LogP contribution in [0.3, 0.4) is 0 Å². The SMILES string of the molecule is COC[C@H](O)Cn1c(=O)cnn(-c2ccc(Cl)c(C(=O)NCC3(O)CC=CCC3)c2)c1=O. The van der Waals surface area contributed by atoms with Crippen LogP contribution in [0.4, 0.5) is 0 Å². The molecule has 1 amide bonds. The number of benzene rings is 1. The Morgan fingerprint density at radius 1 is 1.38 bits per heavy atom. The van der Waals surface area contributed by atoms with E-state index in [0.717, 1.165) is 21.9 Å². The zero-order valence-corrected chi connectivity index (χ0v) is 18.3. The molecule has 10 nitrogen and oxygen atoms in total. The van der Waals surface area contributed by atoms with Crippen molar-refractivity contribution >= 4 is 17.5 Å². The van der Waals surface area contributed by atoms with Crippen molar-refractivity contribution in [1.29, 1.82) is 0 Å². The smallest absolute Gasteiger partial charge is 0.352 e. The Morgan fingerprint density at radius 2 is 2.16 bits per heavy atom. The maximum absolute atomic E-state index is 12.8. The number of hydrogen-bond acceptors (Lipinski definition) is 7. The van der Waals surface area contributed by atoms with Crippen molar-refractivity contribution in [3.63, 3.8) is 0 Å². The number of methoxy groups -OCH3 is 1. The fourth-order valence-electron chi connectivity index (χ4n) is 3.43. The zero-order valence-electron chi connectivity index (χ0n) is 17.5. The van der Waals surface area contributed by atoms with E-state index in [1.54, 1.807) is 0 Å². The molecule has 0 saturated heterocycles. The zero-order chi connectivity index (χ0) is 23.3. The number of nitrogens with zero attached hydrogens (tertiary/aromatic N) is 3. The van der Waals surface area contributed by atoms with Gasteiger partial charge in [-0.15, -0.1) is 0 Å². The monoisotopic (exact) mass is 464 g/mol. The van der Waals surface area contributed by atoms with Gasteiger partial charge in [-0.1, -0.05) is 23.8 Å². The first kappa shape index (κ1) is 23.9. The first-order chi connectivity index (χ1) is 15.2. The topological polar surface area (TPSA) is 136 Å². The minimum atomic E-state index is -1.06. The number of aromatic nitrogens is 3. The third-order valence-corrected chi connectivity index (χ3v) is 5.50. The molecule has 11 heteroatoms.